The summed E-state index contributed by atoms with van der Waals surface area (Å²) in [6, 6.07) is 2.63. The summed E-state index contributed by atoms with van der Waals surface area (Å²) in [5.41, 5.74) is 2.32. The highest BCUT2D eigenvalue weighted by Gasteiger charge is 2.33. The van der Waals surface area contributed by atoms with Crippen LogP contribution in [0.5, 0.6) is 5.75 Å². The van der Waals surface area contributed by atoms with E-state index in [4.69, 9.17) is 0 Å². The summed E-state index contributed by atoms with van der Waals surface area (Å²) in [5, 5.41) is 0. The van der Waals surface area contributed by atoms with Crippen LogP contribution in [0.25, 0.3) is 6.08 Å². The first-order chi connectivity index (χ1) is 14.9. The molecule has 2 aliphatic carbocycles. The highest BCUT2D eigenvalue weighted by Crippen LogP contribution is 2.38. The molecule has 0 saturated heterocycles. The zero-order valence-corrected chi connectivity index (χ0v) is 18.7. The number of unbranched alkanes of at least 4 members (excludes halogenated alkanes) is 4. The van der Waals surface area contributed by atoms with Crippen molar-refractivity contribution < 1.29 is 22.3 Å². The lowest BCUT2D eigenvalue weighted by Crippen LogP contribution is -2.19. The van der Waals surface area contributed by atoms with Crippen LogP contribution in [-0.4, -0.2) is 6.36 Å². The molecule has 0 N–H and O–H groups in total. The van der Waals surface area contributed by atoms with Crippen LogP contribution in [0.15, 0.2) is 17.7 Å². The highest BCUT2D eigenvalue weighted by atomic mass is 19.4. The van der Waals surface area contributed by atoms with Crippen LogP contribution >= 0.6 is 0 Å². The van der Waals surface area contributed by atoms with E-state index in [1.54, 1.807) is 6.07 Å². The second-order valence-corrected chi connectivity index (χ2v) is 9.42. The van der Waals surface area contributed by atoms with Crippen LogP contribution in [0.4, 0.5) is 17.6 Å². The number of hydrogen-bond donors (Lipinski definition) is 0. The third-order valence-electron chi connectivity index (χ3n) is 7.08. The van der Waals surface area contributed by atoms with E-state index in [-0.39, 0.29) is 0 Å². The molecule has 174 valence electrons. The molecule has 0 spiro atoms. The van der Waals surface area contributed by atoms with E-state index in [0.29, 0.717) is 24.0 Å². The van der Waals surface area contributed by atoms with Gasteiger partial charge in [-0.15, -0.1) is 13.2 Å². The molecule has 1 aromatic carbocycles. The molecule has 0 radical (unpaired) electrons. The van der Waals surface area contributed by atoms with Crippen LogP contribution in [-0.2, 0) is 6.42 Å². The molecule has 0 amide bonds. The van der Waals surface area contributed by atoms with Crippen molar-refractivity contribution in [3.8, 4) is 5.75 Å². The first-order valence-corrected chi connectivity index (χ1v) is 12.1. The lowest BCUT2D eigenvalue weighted by atomic mass is 9.77. The third-order valence-corrected chi connectivity index (χ3v) is 7.08. The summed E-state index contributed by atoms with van der Waals surface area (Å²) in [6.07, 6.45) is 14.0. The molecular weight excluding hydrogens is 404 g/mol. The third kappa shape index (κ3) is 7.54. The molecule has 3 rings (SSSR count). The first kappa shape index (κ1) is 24.1. The number of allylic oxidation sites excluding steroid dienone is 1. The molecule has 0 aromatic heterocycles. The lowest BCUT2D eigenvalue weighted by molar-refractivity contribution is -0.275. The molecule has 0 unspecified atom stereocenters. The Labute approximate surface area is 184 Å². The second-order valence-electron chi connectivity index (χ2n) is 9.42. The summed E-state index contributed by atoms with van der Waals surface area (Å²) in [4.78, 5) is 0. The minimum Gasteiger partial charge on any atom is -0.403 e. The van der Waals surface area contributed by atoms with E-state index in [0.717, 1.165) is 24.3 Å². The summed E-state index contributed by atoms with van der Waals surface area (Å²) in [5.74, 6) is 0.0797. The Hall–Kier alpha value is -1.52. The topological polar surface area (TPSA) is 9.23 Å². The Balaban J connectivity index is 1.43. The van der Waals surface area contributed by atoms with Crippen LogP contribution in [0, 0.1) is 17.7 Å². The van der Waals surface area contributed by atoms with E-state index in [1.807, 2.05) is 6.08 Å². The van der Waals surface area contributed by atoms with Crippen LogP contribution < -0.4 is 4.74 Å². The Bertz CT molecular complexity index is 730. The molecule has 0 heterocycles. The second kappa shape index (κ2) is 11.4. The van der Waals surface area contributed by atoms with E-state index in [1.165, 1.54) is 76.2 Å². The van der Waals surface area contributed by atoms with Crippen LogP contribution in [0.1, 0.15) is 102 Å². The number of alkyl halides is 3. The number of benzene rings is 1. The van der Waals surface area contributed by atoms with Gasteiger partial charge in [0.15, 0.2) is 11.6 Å². The minimum absolute atomic E-state index is 0.338. The molecule has 31 heavy (non-hydrogen) atoms. The van der Waals surface area contributed by atoms with Gasteiger partial charge in [-0.2, -0.15) is 0 Å². The summed E-state index contributed by atoms with van der Waals surface area (Å²) in [7, 11) is 0. The molecule has 1 nitrogen and oxygen atoms in total. The molecule has 2 aliphatic rings. The maximum Gasteiger partial charge on any atom is 0.573 e. The number of halogens is 4. The van der Waals surface area contributed by atoms with Gasteiger partial charge in [0.1, 0.15) is 0 Å². The van der Waals surface area contributed by atoms with Gasteiger partial charge in [0.05, 0.1) is 0 Å². The predicted octanol–water partition coefficient (Wildman–Crippen LogP) is 9.00. The van der Waals surface area contributed by atoms with Gasteiger partial charge in [-0.05, 0) is 54.7 Å². The van der Waals surface area contributed by atoms with Gasteiger partial charge in [0.25, 0.3) is 0 Å². The molecule has 1 fully saturated rings. The molecule has 1 aromatic rings. The molecule has 0 aliphatic heterocycles. The number of rotatable bonds is 10. The summed E-state index contributed by atoms with van der Waals surface area (Å²) >= 11 is 0. The van der Waals surface area contributed by atoms with Gasteiger partial charge < -0.3 is 4.74 Å². The van der Waals surface area contributed by atoms with Crippen molar-refractivity contribution >= 4 is 6.08 Å². The fourth-order valence-electron chi connectivity index (χ4n) is 5.22. The van der Waals surface area contributed by atoms with E-state index in [2.05, 4.69) is 11.7 Å². The van der Waals surface area contributed by atoms with Crippen molar-refractivity contribution in [1.82, 2.24) is 0 Å². The van der Waals surface area contributed by atoms with Gasteiger partial charge >= 0.3 is 6.36 Å². The van der Waals surface area contributed by atoms with E-state index < -0.39 is 17.9 Å². The monoisotopic (exact) mass is 440 g/mol. The summed E-state index contributed by atoms with van der Waals surface area (Å²) < 4.78 is 55.5. The molecule has 5 heteroatoms. The zero-order chi connectivity index (χ0) is 22.3. The molecule has 0 bridgehead atoms. The fraction of sp³-hybridized carbons (Fsp3) is 0.692. The smallest absolute Gasteiger partial charge is 0.403 e. The highest BCUT2D eigenvalue weighted by molar-refractivity contribution is 5.61. The Morgan fingerprint density at radius 3 is 2.26 bits per heavy atom. The zero-order valence-electron chi connectivity index (χ0n) is 18.7. The Morgan fingerprint density at radius 1 is 0.903 bits per heavy atom. The quantitative estimate of drug-likeness (QED) is 0.260. The number of hydrogen-bond acceptors (Lipinski definition) is 1. The van der Waals surface area contributed by atoms with Gasteiger partial charge in [-0.25, -0.2) is 4.39 Å². The first-order valence-electron chi connectivity index (χ1n) is 12.1. The standard InChI is InChI=1S/C26H36F4O/c1-2-3-4-5-6-7-19-8-10-20(11-9-19)12-13-21-14-16-23-22(18-21)15-17-24(25(23)27)31-26(28,29)30/h15,17-20H,2-14,16H2,1H3. The average Bonchev–Trinajstić information content (AvgIpc) is 2.74. The van der Waals surface area contributed by atoms with Crippen molar-refractivity contribution in [2.75, 3.05) is 0 Å². The maximum atomic E-state index is 14.4. The largest absolute Gasteiger partial charge is 0.573 e. The van der Waals surface area contributed by atoms with Crippen LogP contribution in [0.2, 0.25) is 0 Å². The van der Waals surface area contributed by atoms with E-state index in [9.17, 15) is 17.6 Å². The van der Waals surface area contributed by atoms with Crippen molar-refractivity contribution in [2.45, 2.75) is 103 Å². The number of ether oxygens (including phenoxy) is 1. The Kier molecular flexibility index (Phi) is 8.85. The van der Waals surface area contributed by atoms with Gasteiger partial charge in [-0.3, -0.25) is 0 Å². The summed E-state index contributed by atoms with van der Waals surface area (Å²) in [6.45, 7) is 2.26. The Morgan fingerprint density at radius 2 is 1.58 bits per heavy atom. The fourth-order valence-corrected chi connectivity index (χ4v) is 5.22. The van der Waals surface area contributed by atoms with Gasteiger partial charge in [-0.1, -0.05) is 88.8 Å². The molecule has 1 saturated carbocycles. The minimum atomic E-state index is -4.88. The molecule has 0 atom stereocenters. The normalized spacial score (nSPS) is 21.5. The lowest BCUT2D eigenvalue weighted by Gasteiger charge is -2.29. The average molecular weight is 441 g/mol. The van der Waals surface area contributed by atoms with E-state index >= 15 is 0 Å². The molecular formula is C26H36F4O. The van der Waals surface area contributed by atoms with Crippen molar-refractivity contribution in [1.29, 1.82) is 0 Å². The predicted molar refractivity (Wildman–Crippen MR) is 117 cm³/mol. The van der Waals surface area contributed by atoms with Crippen molar-refractivity contribution in [3.05, 3.63) is 34.6 Å². The number of fused-ring (bicyclic) bond motifs is 1. The van der Waals surface area contributed by atoms with Crippen molar-refractivity contribution in [3.63, 3.8) is 0 Å². The maximum absolute atomic E-state index is 14.4. The van der Waals surface area contributed by atoms with Gasteiger partial charge in [0.2, 0.25) is 0 Å². The van der Waals surface area contributed by atoms with Crippen molar-refractivity contribution in [2.24, 2.45) is 11.8 Å². The SMILES string of the molecule is CCCCCCCC1CCC(CCC2=Cc3ccc(OC(F)(F)F)c(F)c3CC2)CC1. The van der Waals surface area contributed by atoms with Crippen LogP contribution in [0.3, 0.4) is 0 Å². The van der Waals surface area contributed by atoms with Gasteiger partial charge in [0, 0.05) is 0 Å².